The zero-order valence-corrected chi connectivity index (χ0v) is 34.1. The van der Waals surface area contributed by atoms with E-state index in [1.165, 1.54) is 44.1 Å². The number of halogens is 1. The molecule has 0 saturated carbocycles. The SMILES string of the molecule is Sc1ccc2ccccc2c1.[2H]CF.[C-]#[N+]CC(COS(=O)(=O)c1ccc(C)cc1)c1ccccc1.[C-]#[N+]CC(CSc1ccc2ccccc2c1)c1ccccc1. The van der Waals surface area contributed by atoms with Gasteiger partial charge in [-0.15, -0.1) is 24.4 Å². The van der Waals surface area contributed by atoms with Crippen LogP contribution in [0.25, 0.3) is 31.2 Å². The fraction of sp³-hybridized carbons (Fsp3) is 0.167. The van der Waals surface area contributed by atoms with Crippen molar-refractivity contribution < 1.29 is 18.4 Å². The molecule has 2 unspecified atom stereocenters. The van der Waals surface area contributed by atoms with E-state index < -0.39 is 17.3 Å². The summed E-state index contributed by atoms with van der Waals surface area (Å²) in [7, 11) is -4.80. The van der Waals surface area contributed by atoms with E-state index in [4.69, 9.17) is 18.7 Å². The minimum absolute atomic E-state index is 0.0391. The van der Waals surface area contributed by atoms with Crippen molar-refractivity contribution in [2.24, 2.45) is 0 Å². The Balaban J connectivity index is 0.000000195. The summed E-state index contributed by atoms with van der Waals surface area (Å²) >= 11 is 6.10. The number of rotatable bonds is 11. The molecule has 0 aliphatic heterocycles. The lowest BCUT2D eigenvalue weighted by Gasteiger charge is -2.12. The molecule has 0 amide bonds. The molecule has 0 aromatic heterocycles. The predicted molar refractivity (Wildman–Crippen MR) is 239 cm³/mol. The maximum absolute atomic E-state index is 12.2. The summed E-state index contributed by atoms with van der Waals surface area (Å²) in [5.74, 6) is 0.958. The quantitative estimate of drug-likeness (QED) is 0.0612. The Labute approximate surface area is 348 Å². The lowest BCUT2D eigenvalue weighted by Crippen LogP contribution is -2.15. The maximum atomic E-state index is 12.2. The Kier molecular flexibility index (Phi) is 17.7. The molecule has 290 valence electrons. The molecule has 0 fully saturated rings. The first kappa shape index (κ1) is 42.7. The lowest BCUT2D eigenvalue weighted by atomic mass is 10.0. The molecule has 57 heavy (non-hydrogen) atoms. The second-order valence-corrected chi connectivity index (χ2v) is 16.0. The van der Waals surface area contributed by atoms with Crippen LogP contribution in [0.3, 0.4) is 0 Å². The summed E-state index contributed by atoms with van der Waals surface area (Å²) in [6.45, 7) is 16.8. The Morgan fingerprint density at radius 1 is 0.667 bits per heavy atom. The van der Waals surface area contributed by atoms with Crippen molar-refractivity contribution in [3.05, 3.63) is 209 Å². The summed E-state index contributed by atoms with van der Waals surface area (Å²) in [5.41, 5.74) is 3.14. The zero-order valence-electron chi connectivity index (χ0n) is 32.6. The number of hydrogen-bond donors (Lipinski definition) is 1. The van der Waals surface area contributed by atoms with Crippen molar-refractivity contribution in [1.29, 1.82) is 0 Å². The molecule has 2 atom stereocenters. The van der Waals surface area contributed by atoms with Gasteiger partial charge in [0.1, 0.15) is 0 Å². The molecule has 7 aromatic rings. The summed E-state index contributed by atoms with van der Waals surface area (Å²) < 4.78 is 45.0. The number of thioether (sulfide) groups is 1. The topological polar surface area (TPSA) is 52.1 Å². The summed E-state index contributed by atoms with van der Waals surface area (Å²) in [6, 6.07) is 55.6. The average molecular weight is 814 g/mol. The van der Waals surface area contributed by atoms with E-state index in [1.807, 2.05) is 85.4 Å². The molecule has 0 bridgehead atoms. The van der Waals surface area contributed by atoms with Crippen LogP contribution in [-0.2, 0) is 14.3 Å². The minimum atomic E-state index is -3.80. The van der Waals surface area contributed by atoms with Gasteiger partial charge in [-0.1, -0.05) is 139 Å². The zero-order chi connectivity index (χ0) is 41.6. The third-order valence-electron chi connectivity index (χ3n) is 8.80. The summed E-state index contributed by atoms with van der Waals surface area (Å²) in [5, 5.41) is 5.06. The third-order valence-corrected chi connectivity index (χ3v) is 11.5. The van der Waals surface area contributed by atoms with Gasteiger partial charge in [-0.05, 0) is 76.0 Å². The van der Waals surface area contributed by atoms with Crippen LogP contribution < -0.4 is 0 Å². The largest absolute Gasteiger partial charge is 0.316 e. The van der Waals surface area contributed by atoms with Crippen molar-refractivity contribution in [2.45, 2.75) is 33.4 Å². The first-order valence-electron chi connectivity index (χ1n) is 18.7. The number of benzene rings is 7. The van der Waals surface area contributed by atoms with E-state index in [0.29, 0.717) is 6.54 Å². The molecule has 0 N–H and O–H groups in total. The van der Waals surface area contributed by atoms with Gasteiger partial charge >= 0.3 is 0 Å². The van der Waals surface area contributed by atoms with Crippen LogP contribution in [0.1, 0.15) is 29.9 Å². The lowest BCUT2D eigenvalue weighted by molar-refractivity contribution is 0.297. The van der Waals surface area contributed by atoms with Gasteiger partial charge in [0.25, 0.3) is 10.1 Å². The molecular weight excluding hydrogens is 768 g/mol. The first-order valence-corrected chi connectivity index (χ1v) is 20.9. The van der Waals surface area contributed by atoms with Gasteiger partial charge in [0, 0.05) is 15.5 Å². The van der Waals surface area contributed by atoms with Crippen LogP contribution in [-0.4, -0.2) is 41.0 Å². The number of thiol groups is 1. The van der Waals surface area contributed by atoms with Crippen molar-refractivity contribution in [2.75, 3.05) is 32.6 Å². The summed E-state index contributed by atoms with van der Waals surface area (Å²) in [4.78, 5) is 9.40. The molecule has 9 heteroatoms. The number of alkyl halides is 1. The highest BCUT2D eigenvalue weighted by Gasteiger charge is 2.21. The van der Waals surface area contributed by atoms with Crippen LogP contribution in [0.4, 0.5) is 4.39 Å². The monoisotopic (exact) mass is 813 g/mol. The molecule has 0 heterocycles. The van der Waals surface area contributed by atoms with Crippen molar-refractivity contribution in [1.82, 2.24) is 0 Å². The second-order valence-electron chi connectivity index (χ2n) is 12.8. The Morgan fingerprint density at radius 3 is 1.70 bits per heavy atom. The molecule has 0 aliphatic rings. The highest BCUT2D eigenvalue weighted by molar-refractivity contribution is 7.99. The van der Waals surface area contributed by atoms with E-state index in [2.05, 4.69) is 101 Å². The standard InChI is InChI=1S/C20H17NS.C17H17NO3S.C10H8S.CH3F/c1-21-14-19(16-7-3-2-4-8-16)15-22-20-12-11-17-9-5-6-10-18(17)13-20;1-14-8-10-17(11-9-14)22(19,20)21-13-16(12-18-2)15-6-4-3-5-7-15;11-10-6-5-8-3-1-2-4-9(8)7-10;1-2/h2-13,19H,14-15H2;3-11,16H,12-13H2,1H3;1-7,11H;1H3/i;;;1D. The van der Waals surface area contributed by atoms with Gasteiger partial charge < -0.3 is 9.69 Å². The fourth-order valence-corrected chi connectivity index (χ4v) is 7.98. The van der Waals surface area contributed by atoms with Crippen LogP contribution in [0, 0.1) is 20.1 Å². The van der Waals surface area contributed by atoms with Gasteiger partial charge in [-0.2, -0.15) is 8.42 Å². The normalized spacial score (nSPS) is 11.8. The second kappa shape index (κ2) is 23.6. The van der Waals surface area contributed by atoms with Gasteiger partial charge in [-0.25, -0.2) is 13.1 Å². The van der Waals surface area contributed by atoms with Crippen LogP contribution in [0.2, 0.25) is 0 Å². The van der Waals surface area contributed by atoms with Crippen molar-refractivity contribution in [3.63, 3.8) is 0 Å². The molecule has 0 aliphatic carbocycles. The van der Waals surface area contributed by atoms with Crippen molar-refractivity contribution in [3.8, 4) is 0 Å². The molecule has 0 saturated heterocycles. The van der Waals surface area contributed by atoms with Crippen molar-refractivity contribution >= 4 is 56.1 Å². The smallest absolute Gasteiger partial charge is 0.296 e. The van der Waals surface area contributed by atoms with Crippen LogP contribution in [0.5, 0.6) is 0 Å². The highest BCUT2D eigenvalue weighted by atomic mass is 32.2. The van der Waals surface area contributed by atoms with Gasteiger partial charge in [0.2, 0.25) is 13.1 Å². The molecule has 7 aromatic carbocycles. The first-order chi connectivity index (χ1) is 28.2. The van der Waals surface area contributed by atoms with Gasteiger partial charge in [0.15, 0.2) is 0 Å². The molecule has 0 radical (unpaired) electrons. The number of fused-ring (bicyclic) bond motifs is 2. The summed E-state index contributed by atoms with van der Waals surface area (Å²) in [6.07, 6.45) is 0. The number of aryl methyl sites for hydroxylation is 1. The third kappa shape index (κ3) is 14.2. The van der Waals surface area contributed by atoms with E-state index in [-0.39, 0.29) is 29.9 Å². The number of nitrogens with zero attached hydrogens (tertiary/aromatic N) is 2. The van der Waals surface area contributed by atoms with E-state index in [0.717, 1.165) is 21.8 Å². The van der Waals surface area contributed by atoms with E-state index in [9.17, 15) is 12.8 Å². The molecule has 0 spiro atoms. The van der Waals surface area contributed by atoms with E-state index >= 15 is 0 Å². The average Bonchev–Trinajstić information content (AvgIpc) is 3.25. The number of hydrogen-bond acceptors (Lipinski definition) is 5. The van der Waals surface area contributed by atoms with Crippen LogP contribution >= 0.6 is 24.4 Å². The minimum Gasteiger partial charge on any atom is -0.316 e. The maximum Gasteiger partial charge on any atom is 0.296 e. The molecular formula is C48H45FN2O3S3. The molecule has 5 nitrogen and oxygen atoms in total. The fourth-order valence-electron chi connectivity index (χ4n) is 5.75. The predicted octanol–water partition coefficient (Wildman–Crippen LogP) is 12.8. The Morgan fingerprint density at radius 2 is 1.14 bits per heavy atom. The van der Waals surface area contributed by atoms with Gasteiger partial charge in [0.05, 0.1) is 31.9 Å². The van der Waals surface area contributed by atoms with Gasteiger partial charge in [-0.3, -0.25) is 8.57 Å². The Hall–Kier alpha value is -5.42. The highest BCUT2D eigenvalue weighted by Crippen LogP contribution is 2.29. The van der Waals surface area contributed by atoms with E-state index in [1.54, 1.807) is 12.1 Å². The molecule has 7 rings (SSSR count). The Bertz CT molecular complexity index is 2490. The van der Waals surface area contributed by atoms with Crippen LogP contribution in [0.15, 0.2) is 185 Å².